The maximum atomic E-state index is 12.5. The number of esters is 1. The standard InChI is InChI=1S/C20H24BrNO6S/c1-14-4-6-17(15(12-14)8-9-21)22-29(24,25)11-10-28-19-13-16(20(23)27-3)5-7-18(19)26-2/h4-7,12-13,22H,8-11H2,1-3H3. The number of rotatable bonds is 10. The first-order chi connectivity index (χ1) is 13.8. The summed E-state index contributed by atoms with van der Waals surface area (Å²) in [5, 5.41) is 0.727. The Morgan fingerprint density at radius 3 is 2.52 bits per heavy atom. The van der Waals surface area contributed by atoms with Crippen molar-refractivity contribution >= 4 is 37.6 Å². The van der Waals surface area contributed by atoms with Gasteiger partial charge in [0.1, 0.15) is 12.4 Å². The van der Waals surface area contributed by atoms with Crippen molar-refractivity contribution in [3.05, 3.63) is 53.1 Å². The molecule has 2 aromatic rings. The molecule has 0 saturated heterocycles. The van der Waals surface area contributed by atoms with E-state index in [2.05, 4.69) is 25.4 Å². The van der Waals surface area contributed by atoms with E-state index in [-0.39, 0.29) is 23.7 Å². The van der Waals surface area contributed by atoms with Crippen LogP contribution in [0.4, 0.5) is 5.69 Å². The maximum absolute atomic E-state index is 12.5. The highest BCUT2D eigenvalue weighted by molar-refractivity contribution is 9.09. The Balaban J connectivity index is 2.07. The van der Waals surface area contributed by atoms with Gasteiger partial charge in [0, 0.05) is 5.33 Å². The fourth-order valence-corrected chi connectivity index (χ4v) is 4.01. The van der Waals surface area contributed by atoms with Crippen LogP contribution in [0.1, 0.15) is 21.5 Å². The van der Waals surface area contributed by atoms with Gasteiger partial charge in [0.15, 0.2) is 11.5 Å². The summed E-state index contributed by atoms with van der Waals surface area (Å²) < 4.78 is 43.1. The fraction of sp³-hybridized carbons (Fsp3) is 0.350. The molecule has 9 heteroatoms. The van der Waals surface area contributed by atoms with E-state index in [1.54, 1.807) is 18.2 Å². The second kappa shape index (κ2) is 10.5. The Bertz CT molecular complexity index is 961. The third-order valence-electron chi connectivity index (χ3n) is 4.08. The van der Waals surface area contributed by atoms with Gasteiger partial charge in [0.2, 0.25) is 10.0 Å². The molecule has 0 aliphatic heterocycles. The number of nitrogens with one attached hydrogen (secondary N) is 1. The van der Waals surface area contributed by atoms with E-state index < -0.39 is 16.0 Å². The predicted molar refractivity (Wildman–Crippen MR) is 116 cm³/mol. The number of sulfonamides is 1. The number of anilines is 1. The van der Waals surface area contributed by atoms with Gasteiger partial charge >= 0.3 is 5.97 Å². The first kappa shape index (κ1) is 23.0. The van der Waals surface area contributed by atoms with Gasteiger partial charge in [0.25, 0.3) is 0 Å². The molecule has 0 aliphatic rings. The number of halogens is 1. The highest BCUT2D eigenvalue weighted by Gasteiger charge is 2.16. The summed E-state index contributed by atoms with van der Waals surface area (Å²) in [4.78, 5) is 11.7. The number of methoxy groups -OCH3 is 2. The molecule has 0 amide bonds. The average molecular weight is 486 g/mol. The van der Waals surface area contributed by atoms with Gasteiger partial charge in [-0.25, -0.2) is 13.2 Å². The summed E-state index contributed by atoms with van der Waals surface area (Å²) in [6, 6.07) is 10.1. The minimum absolute atomic E-state index is 0.115. The first-order valence-corrected chi connectivity index (χ1v) is 11.6. The molecule has 7 nitrogen and oxygen atoms in total. The van der Waals surface area contributed by atoms with Crippen molar-refractivity contribution in [1.82, 2.24) is 0 Å². The van der Waals surface area contributed by atoms with Crippen LogP contribution in [0.3, 0.4) is 0 Å². The summed E-state index contributed by atoms with van der Waals surface area (Å²) in [5.74, 6) is -0.132. The molecule has 2 rings (SSSR count). The number of ether oxygens (including phenoxy) is 3. The number of hydrogen-bond acceptors (Lipinski definition) is 6. The molecule has 0 fully saturated rings. The van der Waals surface area contributed by atoms with Crippen LogP contribution in [0.2, 0.25) is 0 Å². The second-order valence-corrected chi connectivity index (χ2v) is 8.86. The van der Waals surface area contributed by atoms with Crippen molar-refractivity contribution < 1.29 is 27.4 Å². The van der Waals surface area contributed by atoms with Crippen LogP contribution < -0.4 is 14.2 Å². The number of aryl methyl sites for hydroxylation is 2. The second-order valence-electron chi connectivity index (χ2n) is 6.23. The van der Waals surface area contributed by atoms with Gasteiger partial charge in [0.05, 0.1) is 25.5 Å². The largest absolute Gasteiger partial charge is 0.493 e. The molecule has 0 unspecified atom stereocenters. The SMILES string of the molecule is COC(=O)c1ccc(OC)c(OCCS(=O)(=O)Nc2ccc(C)cc2CCBr)c1. The highest BCUT2D eigenvalue weighted by Crippen LogP contribution is 2.28. The molecule has 29 heavy (non-hydrogen) atoms. The summed E-state index contributed by atoms with van der Waals surface area (Å²) in [7, 11) is -0.894. The Hall–Kier alpha value is -2.26. The lowest BCUT2D eigenvalue weighted by Gasteiger charge is -2.14. The zero-order valence-corrected chi connectivity index (χ0v) is 18.9. The molecule has 0 aromatic heterocycles. The average Bonchev–Trinajstić information content (AvgIpc) is 2.69. The van der Waals surface area contributed by atoms with E-state index in [9.17, 15) is 13.2 Å². The maximum Gasteiger partial charge on any atom is 0.337 e. The minimum Gasteiger partial charge on any atom is -0.493 e. The molecule has 0 aliphatic carbocycles. The minimum atomic E-state index is -3.63. The summed E-state index contributed by atoms with van der Waals surface area (Å²) in [6.07, 6.45) is 0.702. The molecule has 0 radical (unpaired) electrons. The number of hydrogen-bond donors (Lipinski definition) is 1. The van der Waals surface area contributed by atoms with E-state index >= 15 is 0 Å². The van der Waals surface area contributed by atoms with Crippen LogP contribution >= 0.6 is 15.9 Å². The predicted octanol–water partition coefficient (Wildman–Crippen LogP) is 3.55. The monoisotopic (exact) mass is 485 g/mol. The van der Waals surface area contributed by atoms with Crippen LogP contribution in [0.25, 0.3) is 0 Å². The molecule has 0 spiro atoms. The lowest BCUT2D eigenvalue weighted by Crippen LogP contribution is -2.22. The number of carbonyl (C=O) groups excluding carboxylic acids is 1. The van der Waals surface area contributed by atoms with Gasteiger partial charge < -0.3 is 14.2 Å². The van der Waals surface area contributed by atoms with Crippen LogP contribution in [-0.2, 0) is 21.2 Å². The Morgan fingerprint density at radius 2 is 1.86 bits per heavy atom. The molecule has 0 heterocycles. The van der Waals surface area contributed by atoms with Crippen LogP contribution in [0, 0.1) is 6.92 Å². The van der Waals surface area contributed by atoms with Crippen molar-refractivity contribution in [1.29, 1.82) is 0 Å². The lowest BCUT2D eigenvalue weighted by molar-refractivity contribution is 0.0600. The normalized spacial score (nSPS) is 11.0. The Kier molecular flexibility index (Phi) is 8.33. The number of alkyl halides is 1. The van der Waals surface area contributed by atoms with Gasteiger partial charge in [-0.15, -0.1) is 0 Å². The summed E-state index contributed by atoms with van der Waals surface area (Å²) >= 11 is 3.38. The third kappa shape index (κ3) is 6.64. The van der Waals surface area contributed by atoms with Crippen molar-refractivity contribution in [3.63, 3.8) is 0 Å². The Morgan fingerprint density at radius 1 is 1.10 bits per heavy atom. The van der Waals surface area contributed by atoms with Crippen molar-refractivity contribution in [3.8, 4) is 11.5 Å². The lowest BCUT2D eigenvalue weighted by atomic mass is 10.1. The van der Waals surface area contributed by atoms with Crippen molar-refractivity contribution in [2.75, 3.05) is 36.6 Å². The third-order valence-corrected chi connectivity index (χ3v) is 5.72. The molecular weight excluding hydrogens is 462 g/mol. The molecule has 0 bridgehead atoms. The number of benzene rings is 2. The molecule has 0 saturated carbocycles. The number of carbonyl (C=O) groups is 1. The van der Waals surface area contributed by atoms with Crippen molar-refractivity contribution in [2.24, 2.45) is 0 Å². The van der Waals surface area contributed by atoms with E-state index in [4.69, 9.17) is 9.47 Å². The van der Waals surface area contributed by atoms with E-state index in [0.29, 0.717) is 17.9 Å². The topological polar surface area (TPSA) is 90.9 Å². The van der Waals surface area contributed by atoms with Gasteiger partial charge in [-0.05, 0) is 43.2 Å². The van der Waals surface area contributed by atoms with Crippen LogP contribution in [-0.4, -0.2) is 46.3 Å². The smallest absolute Gasteiger partial charge is 0.337 e. The van der Waals surface area contributed by atoms with Gasteiger partial charge in [-0.2, -0.15) is 0 Å². The highest BCUT2D eigenvalue weighted by atomic mass is 79.9. The molecule has 2 aromatic carbocycles. The molecule has 0 atom stereocenters. The summed E-state index contributed by atoms with van der Waals surface area (Å²) in [5.41, 5.74) is 2.81. The quantitative estimate of drug-likeness (QED) is 0.408. The van der Waals surface area contributed by atoms with E-state index in [0.717, 1.165) is 16.5 Å². The first-order valence-electron chi connectivity index (χ1n) is 8.84. The van der Waals surface area contributed by atoms with Gasteiger partial charge in [-0.3, -0.25) is 4.72 Å². The summed E-state index contributed by atoms with van der Waals surface area (Å²) in [6.45, 7) is 1.84. The fourth-order valence-electron chi connectivity index (χ4n) is 2.64. The van der Waals surface area contributed by atoms with Gasteiger partial charge in [-0.1, -0.05) is 33.6 Å². The van der Waals surface area contributed by atoms with E-state index in [1.165, 1.54) is 20.3 Å². The van der Waals surface area contributed by atoms with Crippen LogP contribution in [0.15, 0.2) is 36.4 Å². The zero-order chi connectivity index (χ0) is 21.4. The van der Waals surface area contributed by atoms with Crippen LogP contribution in [0.5, 0.6) is 11.5 Å². The molecule has 158 valence electrons. The molecule has 1 N–H and O–H groups in total. The zero-order valence-electron chi connectivity index (χ0n) is 16.5. The van der Waals surface area contributed by atoms with Crippen molar-refractivity contribution in [2.45, 2.75) is 13.3 Å². The molecular formula is C20H24BrNO6S. The van der Waals surface area contributed by atoms with E-state index in [1.807, 2.05) is 19.1 Å². The Labute approximate surface area is 179 Å².